The lowest BCUT2D eigenvalue weighted by atomic mass is 9.98. The predicted octanol–water partition coefficient (Wildman–Crippen LogP) is 6.97. The maximum atomic E-state index is 5.65. The minimum atomic E-state index is 0.875. The Labute approximate surface area is 167 Å². The number of hydrogen-bond donors (Lipinski definition) is 0. The Morgan fingerprint density at radius 1 is 0.852 bits per heavy atom. The van der Waals surface area contributed by atoms with Crippen LogP contribution in [0.15, 0.2) is 71.6 Å². The molecule has 0 radical (unpaired) electrons. The maximum absolute atomic E-state index is 5.65. The first-order valence-electron chi connectivity index (χ1n) is 8.63. The second kappa shape index (κ2) is 7.67. The van der Waals surface area contributed by atoms with E-state index in [9.17, 15) is 0 Å². The molecule has 0 atom stereocenters. The molecule has 0 bridgehead atoms. The van der Waals surface area contributed by atoms with Crippen LogP contribution in [0.25, 0.3) is 31.7 Å². The standard InChI is InChI=1S/C23H20O2S2/c1-24-16-10-13-19-21(14-16)27-23(18-6-4-5-7-20(18)25-2)22(19)15-8-11-17(26-3)12-9-15/h4-14H,1-3H3. The van der Waals surface area contributed by atoms with E-state index >= 15 is 0 Å². The van der Waals surface area contributed by atoms with Crippen LogP contribution in [-0.4, -0.2) is 20.5 Å². The summed E-state index contributed by atoms with van der Waals surface area (Å²) in [5, 5.41) is 1.23. The number of ether oxygens (including phenoxy) is 2. The molecule has 27 heavy (non-hydrogen) atoms. The fraction of sp³-hybridized carbons (Fsp3) is 0.130. The quantitative estimate of drug-likeness (QED) is 0.342. The molecule has 136 valence electrons. The average Bonchev–Trinajstić information content (AvgIpc) is 3.12. The topological polar surface area (TPSA) is 18.5 Å². The summed E-state index contributed by atoms with van der Waals surface area (Å²) in [5.74, 6) is 1.76. The zero-order chi connectivity index (χ0) is 18.8. The molecule has 4 aromatic rings. The summed E-state index contributed by atoms with van der Waals surface area (Å²) in [4.78, 5) is 2.48. The number of benzene rings is 3. The molecular formula is C23H20O2S2. The molecule has 1 aromatic heterocycles. The van der Waals surface area contributed by atoms with Gasteiger partial charge in [0.05, 0.1) is 14.2 Å². The Kier molecular flexibility index (Phi) is 5.10. The predicted molar refractivity (Wildman–Crippen MR) is 118 cm³/mol. The van der Waals surface area contributed by atoms with E-state index in [0.29, 0.717) is 0 Å². The molecule has 0 aliphatic carbocycles. The number of para-hydroxylation sites is 1. The molecule has 3 aromatic carbocycles. The summed E-state index contributed by atoms with van der Waals surface area (Å²) in [6, 6.07) is 23.3. The maximum Gasteiger partial charge on any atom is 0.127 e. The molecule has 4 heteroatoms. The van der Waals surface area contributed by atoms with E-state index < -0.39 is 0 Å². The molecule has 0 spiro atoms. The molecular weight excluding hydrogens is 372 g/mol. The van der Waals surface area contributed by atoms with Crippen molar-refractivity contribution in [1.29, 1.82) is 0 Å². The Hall–Kier alpha value is -2.43. The molecule has 0 amide bonds. The van der Waals surface area contributed by atoms with Gasteiger partial charge in [0.25, 0.3) is 0 Å². The number of rotatable bonds is 5. The molecule has 0 N–H and O–H groups in total. The van der Waals surface area contributed by atoms with E-state index in [4.69, 9.17) is 9.47 Å². The second-order valence-electron chi connectivity index (χ2n) is 6.10. The summed E-state index contributed by atoms with van der Waals surface area (Å²) in [7, 11) is 3.43. The molecule has 0 aliphatic rings. The van der Waals surface area contributed by atoms with Gasteiger partial charge in [-0.25, -0.2) is 0 Å². The number of thioether (sulfide) groups is 1. The van der Waals surface area contributed by atoms with Gasteiger partial charge >= 0.3 is 0 Å². The van der Waals surface area contributed by atoms with Crippen molar-refractivity contribution in [2.24, 2.45) is 0 Å². The van der Waals surface area contributed by atoms with Gasteiger partial charge in [-0.15, -0.1) is 23.1 Å². The first-order valence-corrected chi connectivity index (χ1v) is 10.7. The highest BCUT2D eigenvalue weighted by Crippen LogP contribution is 2.48. The summed E-state index contributed by atoms with van der Waals surface area (Å²) in [5.41, 5.74) is 3.57. The van der Waals surface area contributed by atoms with E-state index in [2.05, 4.69) is 54.8 Å². The van der Waals surface area contributed by atoms with Crippen molar-refractivity contribution < 1.29 is 9.47 Å². The van der Waals surface area contributed by atoms with Crippen molar-refractivity contribution in [2.75, 3.05) is 20.5 Å². The molecule has 4 rings (SSSR count). The van der Waals surface area contributed by atoms with Gasteiger partial charge in [0, 0.05) is 31.0 Å². The summed E-state index contributed by atoms with van der Waals surface area (Å²) in [6.45, 7) is 0. The van der Waals surface area contributed by atoms with Crippen molar-refractivity contribution >= 4 is 33.2 Å². The van der Waals surface area contributed by atoms with Crippen LogP contribution in [0.3, 0.4) is 0 Å². The normalized spacial score (nSPS) is 10.9. The Morgan fingerprint density at radius 2 is 1.63 bits per heavy atom. The average molecular weight is 393 g/mol. The smallest absolute Gasteiger partial charge is 0.127 e. The van der Waals surface area contributed by atoms with Crippen molar-refractivity contribution in [1.82, 2.24) is 0 Å². The van der Waals surface area contributed by atoms with Gasteiger partial charge in [-0.2, -0.15) is 0 Å². The highest BCUT2D eigenvalue weighted by molar-refractivity contribution is 7.98. The first kappa shape index (κ1) is 18.0. The Bertz CT molecular complexity index is 1080. The van der Waals surface area contributed by atoms with Gasteiger partial charge < -0.3 is 9.47 Å². The monoisotopic (exact) mass is 392 g/mol. The van der Waals surface area contributed by atoms with Crippen LogP contribution in [0.5, 0.6) is 11.5 Å². The van der Waals surface area contributed by atoms with Crippen molar-refractivity contribution in [2.45, 2.75) is 4.90 Å². The Morgan fingerprint density at radius 3 is 2.33 bits per heavy atom. The number of hydrogen-bond acceptors (Lipinski definition) is 4. The van der Waals surface area contributed by atoms with E-state index in [-0.39, 0.29) is 0 Å². The minimum Gasteiger partial charge on any atom is -0.497 e. The summed E-state index contributed by atoms with van der Waals surface area (Å²) >= 11 is 3.53. The van der Waals surface area contributed by atoms with Crippen LogP contribution in [0.2, 0.25) is 0 Å². The third-order valence-corrected chi connectivity index (χ3v) is 6.56. The van der Waals surface area contributed by atoms with Gasteiger partial charge in [0.15, 0.2) is 0 Å². The van der Waals surface area contributed by atoms with Crippen LogP contribution >= 0.6 is 23.1 Å². The van der Waals surface area contributed by atoms with Crippen LogP contribution in [0.1, 0.15) is 0 Å². The van der Waals surface area contributed by atoms with Crippen LogP contribution in [-0.2, 0) is 0 Å². The van der Waals surface area contributed by atoms with Crippen LogP contribution in [0.4, 0.5) is 0 Å². The van der Waals surface area contributed by atoms with Crippen molar-refractivity contribution in [3.63, 3.8) is 0 Å². The zero-order valence-electron chi connectivity index (χ0n) is 15.5. The van der Waals surface area contributed by atoms with Crippen molar-refractivity contribution in [3.8, 4) is 33.1 Å². The second-order valence-corrected chi connectivity index (χ2v) is 8.03. The molecule has 0 saturated heterocycles. The molecule has 1 heterocycles. The van der Waals surface area contributed by atoms with Gasteiger partial charge in [0.1, 0.15) is 11.5 Å². The van der Waals surface area contributed by atoms with Gasteiger partial charge in [-0.3, -0.25) is 0 Å². The minimum absolute atomic E-state index is 0.875. The van der Waals surface area contributed by atoms with E-state index in [1.54, 1.807) is 37.3 Å². The summed E-state index contributed by atoms with van der Waals surface area (Å²) < 4.78 is 12.3. The number of methoxy groups -OCH3 is 2. The molecule has 0 aliphatic heterocycles. The lowest BCUT2D eigenvalue weighted by Crippen LogP contribution is -1.87. The first-order chi connectivity index (χ1) is 13.2. The van der Waals surface area contributed by atoms with E-state index in [1.807, 2.05) is 18.2 Å². The molecule has 0 unspecified atom stereocenters. The largest absolute Gasteiger partial charge is 0.497 e. The van der Waals surface area contributed by atoms with Gasteiger partial charge in [-0.1, -0.05) is 24.3 Å². The van der Waals surface area contributed by atoms with Crippen LogP contribution in [0, 0.1) is 0 Å². The molecule has 0 saturated carbocycles. The molecule has 2 nitrogen and oxygen atoms in total. The lowest BCUT2D eigenvalue weighted by molar-refractivity contribution is 0.415. The highest BCUT2D eigenvalue weighted by Gasteiger charge is 2.18. The summed E-state index contributed by atoms with van der Waals surface area (Å²) in [6.07, 6.45) is 2.10. The number of fused-ring (bicyclic) bond motifs is 1. The SMILES string of the molecule is COc1ccc2c(-c3ccc(SC)cc3)c(-c3ccccc3OC)sc2c1. The third kappa shape index (κ3) is 3.31. The fourth-order valence-electron chi connectivity index (χ4n) is 3.27. The Balaban J connectivity index is 2.01. The number of thiophene rings is 1. The third-order valence-electron chi connectivity index (χ3n) is 4.63. The van der Waals surface area contributed by atoms with Gasteiger partial charge in [0.2, 0.25) is 0 Å². The van der Waals surface area contributed by atoms with Gasteiger partial charge in [-0.05, 0) is 54.3 Å². The van der Waals surface area contributed by atoms with Crippen molar-refractivity contribution in [3.05, 3.63) is 66.7 Å². The highest BCUT2D eigenvalue weighted by atomic mass is 32.2. The molecule has 0 fully saturated rings. The lowest BCUT2D eigenvalue weighted by Gasteiger charge is -2.10. The van der Waals surface area contributed by atoms with E-state index in [0.717, 1.165) is 17.1 Å². The zero-order valence-corrected chi connectivity index (χ0v) is 17.1. The van der Waals surface area contributed by atoms with Crippen LogP contribution < -0.4 is 9.47 Å². The van der Waals surface area contributed by atoms with E-state index in [1.165, 1.54) is 31.0 Å². The fourth-order valence-corrected chi connectivity index (χ4v) is 4.96.